The molecule has 0 radical (unpaired) electrons. The van der Waals surface area contributed by atoms with E-state index in [0.29, 0.717) is 5.82 Å². The molecule has 0 saturated carbocycles. The van der Waals surface area contributed by atoms with Gasteiger partial charge < -0.3 is 11.1 Å². The van der Waals surface area contributed by atoms with Crippen LogP contribution in [0.25, 0.3) is 0 Å². The molecule has 0 aliphatic rings. The number of hydrogen-bond acceptors (Lipinski definition) is 5. The summed E-state index contributed by atoms with van der Waals surface area (Å²) < 4.78 is 1.77. The fourth-order valence-electron chi connectivity index (χ4n) is 1.84. The highest BCUT2D eigenvalue weighted by atomic mass is 15.3. The Morgan fingerprint density at radius 3 is 2.35 bits per heavy atom. The number of aryl methyl sites for hydroxylation is 2. The SMILES string of the molecule is Cc1nn(C)cc1Nc1nc(C(C)(C)C)nc(N)c1C. The number of nitrogen functional groups attached to an aromatic ring is 1. The molecule has 3 N–H and O–H groups in total. The zero-order valence-corrected chi connectivity index (χ0v) is 12.9. The van der Waals surface area contributed by atoms with Gasteiger partial charge in [0.05, 0.1) is 11.4 Å². The second kappa shape index (κ2) is 4.77. The minimum Gasteiger partial charge on any atom is -0.383 e. The van der Waals surface area contributed by atoms with E-state index in [4.69, 9.17) is 5.73 Å². The van der Waals surface area contributed by atoms with Crippen LogP contribution in [0.2, 0.25) is 0 Å². The quantitative estimate of drug-likeness (QED) is 0.879. The third-order valence-corrected chi connectivity index (χ3v) is 3.12. The van der Waals surface area contributed by atoms with Crippen molar-refractivity contribution < 1.29 is 0 Å². The van der Waals surface area contributed by atoms with Crippen LogP contribution in [0.1, 0.15) is 37.9 Å². The summed E-state index contributed by atoms with van der Waals surface area (Å²) in [5, 5.41) is 7.61. The van der Waals surface area contributed by atoms with Gasteiger partial charge in [-0.15, -0.1) is 0 Å². The molecule has 0 aliphatic heterocycles. The van der Waals surface area contributed by atoms with Gasteiger partial charge in [-0.05, 0) is 13.8 Å². The smallest absolute Gasteiger partial charge is 0.139 e. The van der Waals surface area contributed by atoms with Gasteiger partial charge in [0.15, 0.2) is 0 Å². The van der Waals surface area contributed by atoms with Crippen molar-refractivity contribution in [3.63, 3.8) is 0 Å². The van der Waals surface area contributed by atoms with Crippen molar-refractivity contribution >= 4 is 17.3 Å². The van der Waals surface area contributed by atoms with E-state index < -0.39 is 0 Å². The summed E-state index contributed by atoms with van der Waals surface area (Å²) in [6, 6.07) is 0. The predicted molar refractivity (Wildman–Crippen MR) is 81.1 cm³/mol. The molecule has 6 heteroatoms. The second-order valence-corrected chi connectivity index (χ2v) is 6.08. The van der Waals surface area contributed by atoms with Gasteiger partial charge in [-0.2, -0.15) is 5.10 Å². The largest absolute Gasteiger partial charge is 0.383 e. The van der Waals surface area contributed by atoms with Crippen molar-refractivity contribution in [2.75, 3.05) is 11.1 Å². The van der Waals surface area contributed by atoms with E-state index in [1.165, 1.54) is 0 Å². The summed E-state index contributed by atoms with van der Waals surface area (Å²) >= 11 is 0. The maximum atomic E-state index is 6.00. The summed E-state index contributed by atoms with van der Waals surface area (Å²) in [7, 11) is 1.89. The predicted octanol–water partition coefficient (Wildman–Crippen LogP) is 2.45. The highest BCUT2D eigenvalue weighted by Crippen LogP contribution is 2.27. The molecule has 0 fully saturated rings. The third-order valence-electron chi connectivity index (χ3n) is 3.12. The molecule has 0 amide bonds. The Labute approximate surface area is 119 Å². The molecule has 2 rings (SSSR count). The molecular formula is C14H22N6. The normalized spacial score (nSPS) is 11.7. The minimum atomic E-state index is -0.151. The van der Waals surface area contributed by atoms with Crippen LogP contribution in [0, 0.1) is 13.8 Å². The van der Waals surface area contributed by atoms with Gasteiger partial charge in [-0.25, -0.2) is 9.97 Å². The van der Waals surface area contributed by atoms with Gasteiger partial charge >= 0.3 is 0 Å². The Morgan fingerprint density at radius 1 is 1.20 bits per heavy atom. The Bertz CT molecular complexity index is 636. The van der Waals surface area contributed by atoms with E-state index in [2.05, 4.69) is 41.2 Å². The van der Waals surface area contributed by atoms with E-state index in [1.54, 1.807) is 4.68 Å². The monoisotopic (exact) mass is 274 g/mol. The van der Waals surface area contributed by atoms with E-state index in [-0.39, 0.29) is 5.41 Å². The van der Waals surface area contributed by atoms with E-state index in [9.17, 15) is 0 Å². The van der Waals surface area contributed by atoms with E-state index in [0.717, 1.165) is 28.6 Å². The second-order valence-electron chi connectivity index (χ2n) is 6.08. The first-order chi connectivity index (χ1) is 9.18. The zero-order valence-electron chi connectivity index (χ0n) is 12.9. The Balaban J connectivity index is 2.46. The van der Waals surface area contributed by atoms with Crippen LogP contribution in [-0.2, 0) is 12.5 Å². The van der Waals surface area contributed by atoms with Crippen molar-refractivity contribution in [3.8, 4) is 0 Å². The molecule has 2 heterocycles. The first kappa shape index (κ1) is 14.3. The topological polar surface area (TPSA) is 81.7 Å². The maximum absolute atomic E-state index is 6.00. The number of nitrogens with one attached hydrogen (secondary N) is 1. The molecule has 2 aromatic heterocycles. The van der Waals surface area contributed by atoms with Gasteiger partial charge in [0, 0.05) is 24.2 Å². The van der Waals surface area contributed by atoms with Crippen LogP contribution in [-0.4, -0.2) is 19.7 Å². The summed E-state index contributed by atoms with van der Waals surface area (Å²) in [4.78, 5) is 8.99. The standard InChI is InChI=1S/C14H22N6/c1-8-11(15)17-13(14(3,4)5)18-12(8)16-10-7-20(6)19-9(10)2/h7H,1-6H3,(H3,15,16,17,18). The molecule has 0 saturated heterocycles. The number of aromatic nitrogens is 4. The summed E-state index contributed by atoms with van der Waals surface area (Å²) in [6.45, 7) is 10.1. The zero-order chi connectivity index (χ0) is 15.1. The fourth-order valence-corrected chi connectivity index (χ4v) is 1.84. The van der Waals surface area contributed by atoms with Crippen LogP contribution in [0.15, 0.2) is 6.20 Å². The number of nitrogens with zero attached hydrogens (tertiary/aromatic N) is 4. The Hall–Kier alpha value is -2.11. The average Bonchev–Trinajstić information content (AvgIpc) is 2.62. The van der Waals surface area contributed by atoms with Gasteiger partial charge in [0.2, 0.25) is 0 Å². The fraction of sp³-hybridized carbons (Fsp3) is 0.500. The lowest BCUT2D eigenvalue weighted by molar-refractivity contribution is 0.546. The molecule has 2 aromatic rings. The lowest BCUT2D eigenvalue weighted by Crippen LogP contribution is -2.18. The van der Waals surface area contributed by atoms with E-state index >= 15 is 0 Å². The van der Waals surface area contributed by atoms with Gasteiger partial charge in [0.1, 0.15) is 17.5 Å². The summed E-state index contributed by atoms with van der Waals surface area (Å²) in [6.07, 6.45) is 1.92. The number of hydrogen-bond donors (Lipinski definition) is 2. The van der Waals surface area contributed by atoms with Crippen LogP contribution in [0.5, 0.6) is 0 Å². The summed E-state index contributed by atoms with van der Waals surface area (Å²) in [5.74, 6) is 1.97. The van der Waals surface area contributed by atoms with Crippen molar-refractivity contribution in [3.05, 3.63) is 23.3 Å². The molecule has 0 atom stereocenters. The molecular weight excluding hydrogens is 252 g/mol. The highest BCUT2D eigenvalue weighted by Gasteiger charge is 2.20. The Morgan fingerprint density at radius 2 is 1.85 bits per heavy atom. The van der Waals surface area contributed by atoms with Crippen LogP contribution >= 0.6 is 0 Å². The first-order valence-corrected chi connectivity index (χ1v) is 6.60. The van der Waals surface area contributed by atoms with Crippen molar-refractivity contribution in [2.24, 2.45) is 7.05 Å². The van der Waals surface area contributed by atoms with Gasteiger partial charge in [-0.3, -0.25) is 4.68 Å². The highest BCUT2D eigenvalue weighted by molar-refractivity contribution is 5.64. The Kier molecular flexibility index (Phi) is 3.41. The summed E-state index contributed by atoms with van der Waals surface area (Å²) in [5.41, 5.74) is 8.54. The lowest BCUT2D eigenvalue weighted by Gasteiger charge is -2.19. The lowest BCUT2D eigenvalue weighted by atomic mass is 9.95. The first-order valence-electron chi connectivity index (χ1n) is 6.60. The van der Waals surface area contributed by atoms with Crippen molar-refractivity contribution in [1.82, 2.24) is 19.7 Å². The third kappa shape index (κ3) is 2.74. The van der Waals surface area contributed by atoms with Gasteiger partial charge in [0.25, 0.3) is 0 Å². The van der Waals surface area contributed by atoms with Gasteiger partial charge in [-0.1, -0.05) is 20.8 Å². The molecule has 0 spiro atoms. The molecule has 0 bridgehead atoms. The molecule has 0 aliphatic carbocycles. The molecule has 20 heavy (non-hydrogen) atoms. The van der Waals surface area contributed by atoms with Crippen LogP contribution in [0.4, 0.5) is 17.3 Å². The van der Waals surface area contributed by atoms with Crippen LogP contribution in [0.3, 0.4) is 0 Å². The number of nitrogens with two attached hydrogens (primary N) is 1. The minimum absolute atomic E-state index is 0.151. The van der Waals surface area contributed by atoms with Crippen molar-refractivity contribution in [2.45, 2.75) is 40.0 Å². The van der Waals surface area contributed by atoms with Crippen LogP contribution < -0.4 is 11.1 Å². The van der Waals surface area contributed by atoms with E-state index in [1.807, 2.05) is 27.1 Å². The average molecular weight is 274 g/mol. The molecule has 108 valence electrons. The maximum Gasteiger partial charge on any atom is 0.139 e. The number of rotatable bonds is 2. The molecule has 0 unspecified atom stereocenters. The van der Waals surface area contributed by atoms with Crippen molar-refractivity contribution in [1.29, 1.82) is 0 Å². The molecule has 6 nitrogen and oxygen atoms in total. The molecule has 0 aromatic carbocycles. The number of anilines is 3.